The maximum Gasteiger partial charge on any atom is 0.472 e. The van der Waals surface area contributed by atoms with Crippen molar-refractivity contribution in [2.45, 2.75) is 244 Å². The highest BCUT2D eigenvalue weighted by Crippen LogP contribution is 2.52. The summed E-state index contributed by atoms with van der Waals surface area (Å²) in [5.41, 5.74) is -0.229. The first-order valence-electron chi connectivity index (χ1n) is 28.2. The van der Waals surface area contributed by atoms with Crippen LogP contribution in [0.1, 0.15) is 212 Å². The summed E-state index contributed by atoms with van der Waals surface area (Å²) in [6, 6.07) is 18.9. The fraction of sp³-hybridized carbons (Fsp3) is 0.700. The SMILES string of the molecule is C=CC1C(C=C)C(OCc2ccccc2)C(C)(O)C(OP(=O)(O)OCC(COC(=O)CCCCCCCCCCCCCCC)OC(=O)CCCCCCCCCCCCCCC)C1OCc1ccccc1. The molecule has 0 aromatic heterocycles. The Morgan fingerprint density at radius 2 is 0.986 bits per heavy atom. The van der Waals surface area contributed by atoms with E-state index in [0.29, 0.717) is 12.8 Å². The summed E-state index contributed by atoms with van der Waals surface area (Å²) in [6.07, 6.45) is 29.7. The van der Waals surface area contributed by atoms with E-state index >= 15 is 0 Å². The van der Waals surface area contributed by atoms with E-state index in [1.165, 1.54) is 122 Å². The highest BCUT2D eigenvalue weighted by Gasteiger charge is 2.59. The Hall–Kier alpha value is -3.15. The standard InChI is InChI=1S/C60H97O11P/c1-6-10-12-14-16-18-20-22-24-26-28-30-38-44-55(61)66-48-52(70-56(62)45-39-31-29-27-25-23-21-19-17-15-13-11-7-2)49-69-72(64,65)71-59-57(67-46-50-40-34-32-35-41-50)53(8-3)54(9-4)58(60(59,5)63)68-47-51-42-36-33-37-43-51/h8-9,32-37,40-43,52-54,57-59,63H,3-4,6-7,10-31,38-39,44-49H2,1-2,5H3,(H,64,65). The second kappa shape index (κ2) is 38.4. The third-order valence-electron chi connectivity index (χ3n) is 14.1. The van der Waals surface area contributed by atoms with Gasteiger partial charge in [0, 0.05) is 24.7 Å². The van der Waals surface area contributed by atoms with Crippen molar-refractivity contribution < 1.29 is 52.1 Å². The van der Waals surface area contributed by atoms with Crippen LogP contribution < -0.4 is 0 Å². The number of esters is 2. The number of unbranched alkanes of at least 4 members (excludes halogenated alkanes) is 24. The lowest BCUT2D eigenvalue weighted by atomic mass is 9.66. The van der Waals surface area contributed by atoms with E-state index in [2.05, 4.69) is 27.0 Å². The molecule has 0 heterocycles. The van der Waals surface area contributed by atoms with Crippen molar-refractivity contribution in [1.82, 2.24) is 0 Å². The number of phosphoric acid groups is 1. The zero-order valence-corrected chi connectivity index (χ0v) is 45.8. The van der Waals surface area contributed by atoms with E-state index in [9.17, 15) is 24.2 Å². The number of rotatable bonds is 44. The molecule has 3 rings (SSSR count). The highest BCUT2D eigenvalue weighted by molar-refractivity contribution is 7.47. The fourth-order valence-corrected chi connectivity index (χ4v) is 10.8. The Morgan fingerprint density at radius 1 is 0.583 bits per heavy atom. The lowest BCUT2D eigenvalue weighted by Gasteiger charge is -2.52. The second-order valence-corrected chi connectivity index (χ2v) is 21.8. The van der Waals surface area contributed by atoms with E-state index < -0.39 is 68.2 Å². The molecule has 2 N–H and O–H groups in total. The number of carbonyl (C=O) groups excluding carboxylic acids is 2. The Bertz CT molecular complexity index is 1760. The summed E-state index contributed by atoms with van der Waals surface area (Å²) in [6.45, 7) is 13.4. The van der Waals surface area contributed by atoms with Crippen molar-refractivity contribution in [1.29, 1.82) is 0 Å². The number of phosphoric ester groups is 1. The molecule has 2 aromatic carbocycles. The van der Waals surface area contributed by atoms with Gasteiger partial charge in [0.2, 0.25) is 0 Å². The molecule has 0 aliphatic heterocycles. The quantitative estimate of drug-likeness (QED) is 0.0283. The molecular formula is C60H97O11P. The van der Waals surface area contributed by atoms with Gasteiger partial charge < -0.3 is 28.9 Å². The van der Waals surface area contributed by atoms with Crippen molar-refractivity contribution in [2.75, 3.05) is 13.2 Å². The zero-order chi connectivity index (χ0) is 52.1. The number of hydrogen-bond acceptors (Lipinski definition) is 10. The molecule has 0 saturated heterocycles. The molecule has 8 atom stereocenters. The maximum absolute atomic E-state index is 14.1. The van der Waals surface area contributed by atoms with Gasteiger partial charge in [-0.1, -0.05) is 241 Å². The summed E-state index contributed by atoms with van der Waals surface area (Å²) in [5, 5.41) is 12.4. The molecule has 1 fully saturated rings. The molecule has 0 amide bonds. The van der Waals surface area contributed by atoms with Crippen molar-refractivity contribution in [2.24, 2.45) is 11.8 Å². The van der Waals surface area contributed by atoms with E-state index in [-0.39, 0.29) is 32.7 Å². The normalized spacial score (nSPS) is 21.2. The Labute approximate surface area is 436 Å². The number of ether oxygens (including phenoxy) is 4. The van der Waals surface area contributed by atoms with Gasteiger partial charge in [0.05, 0.1) is 32.0 Å². The summed E-state index contributed by atoms with van der Waals surface area (Å²) < 4.78 is 49.9. The first-order chi connectivity index (χ1) is 34.9. The first-order valence-corrected chi connectivity index (χ1v) is 29.7. The number of carbonyl (C=O) groups is 2. The molecule has 408 valence electrons. The monoisotopic (exact) mass is 1020 g/mol. The van der Waals surface area contributed by atoms with E-state index in [1.54, 1.807) is 12.2 Å². The Balaban J connectivity index is 1.63. The molecule has 2 aromatic rings. The van der Waals surface area contributed by atoms with Gasteiger partial charge in [-0.05, 0) is 30.9 Å². The van der Waals surface area contributed by atoms with Crippen LogP contribution in [0.4, 0.5) is 0 Å². The Morgan fingerprint density at radius 3 is 1.42 bits per heavy atom. The van der Waals surface area contributed by atoms with Gasteiger partial charge >= 0.3 is 19.8 Å². The predicted molar refractivity (Wildman–Crippen MR) is 290 cm³/mol. The zero-order valence-electron chi connectivity index (χ0n) is 44.9. The minimum Gasteiger partial charge on any atom is -0.462 e. The van der Waals surface area contributed by atoms with Crippen LogP contribution in [-0.2, 0) is 55.4 Å². The van der Waals surface area contributed by atoms with Gasteiger partial charge in [0.15, 0.2) is 6.10 Å². The van der Waals surface area contributed by atoms with Crippen LogP contribution in [-0.4, -0.2) is 65.2 Å². The molecule has 0 bridgehead atoms. The highest BCUT2D eigenvalue weighted by atomic mass is 31.2. The molecule has 8 unspecified atom stereocenters. The topological polar surface area (TPSA) is 147 Å². The summed E-state index contributed by atoms with van der Waals surface area (Å²) in [7, 11) is -5.07. The van der Waals surface area contributed by atoms with Crippen LogP contribution in [0.5, 0.6) is 0 Å². The Kier molecular flexibility index (Phi) is 33.7. The average molecular weight is 1030 g/mol. The van der Waals surface area contributed by atoms with Crippen molar-refractivity contribution >= 4 is 19.8 Å². The molecule has 11 nitrogen and oxygen atoms in total. The van der Waals surface area contributed by atoms with Crippen LogP contribution in [0.3, 0.4) is 0 Å². The van der Waals surface area contributed by atoms with Crippen molar-refractivity contribution in [3.05, 3.63) is 97.1 Å². The lowest BCUT2D eigenvalue weighted by molar-refractivity contribution is -0.242. The third kappa shape index (κ3) is 26.4. The minimum atomic E-state index is -5.07. The summed E-state index contributed by atoms with van der Waals surface area (Å²) >= 11 is 0. The van der Waals surface area contributed by atoms with Gasteiger partial charge in [-0.2, -0.15) is 0 Å². The fourth-order valence-electron chi connectivity index (χ4n) is 9.80. The van der Waals surface area contributed by atoms with Crippen molar-refractivity contribution in [3.8, 4) is 0 Å². The molecule has 0 spiro atoms. The summed E-state index contributed by atoms with van der Waals surface area (Å²) in [5.74, 6) is -2.07. The van der Waals surface area contributed by atoms with E-state index in [4.69, 9.17) is 28.0 Å². The number of benzene rings is 2. The third-order valence-corrected chi connectivity index (χ3v) is 15.1. The lowest BCUT2D eigenvalue weighted by Crippen LogP contribution is -2.66. The van der Waals surface area contributed by atoms with Gasteiger partial charge in [0.25, 0.3) is 0 Å². The van der Waals surface area contributed by atoms with Crippen LogP contribution in [0, 0.1) is 11.8 Å². The largest absolute Gasteiger partial charge is 0.472 e. The van der Waals surface area contributed by atoms with E-state index in [0.717, 1.165) is 49.7 Å². The molecular weight excluding hydrogens is 928 g/mol. The first kappa shape index (κ1) is 63.1. The van der Waals surface area contributed by atoms with Crippen LogP contribution in [0.25, 0.3) is 0 Å². The van der Waals surface area contributed by atoms with Gasteiger partial charge in [-0.25, -0.2) is 4.57 Å². The van der Waals surface area contributed by atoms with Crippen molar-refractivity contribution in [3.63, 3.8) is 0 Å². The van der Waals surface area contributed by atoms with Gasteiger partial charge in [-0.15, -0.1) is 13.2 Å². The number of hydrogen-bond donors (Lipinski definition) is 2. The van der Waals surface area contributed by atoms with Crippen LogP contribution in [0.15, 0.2) is 86.0 Å². The molecule has 72 heavy (non-hydrogen) atoms. The van der Waals surface area contributed by atoms with E-state index in [1.807, 2.05) is 60.7 Å². The van der Waals surface area contributed by atoms with Crippen LogP contribution >= 0.6 is 7.82 Å². The van der Waals surface area contributed by atoms with Crippen LogP contribution in [0.2, 0.25) is 0 Å². The number of aliphatic hydroxyl groups is 1. The molecule has 12 heteroatoms. The van der Waals surface area contributed by atoms with Gasteiger partial charge in [-0.3, -0.25) is 18.6 Å². The average Bonchev–Trinajstić information content (AvgIpc) is 3.37. The smallest absolute Gasteiger partial charge is 0.462 e. The molecule has 1 saturated carbocycles. The molecule has 1 aliphatic carbocycles. The molecule has 0 radical (unpaired) electrons. The van der Waals surface area contributed by atoms with Gasteiger partial charge in [0.1, 0.15) is 18.3 Å². The maximum atomic E-state index is 14.1. The molecule has 1 aliphatic rings. The predicted octanol–water partition coefficient (Wildman–Crippen LogP) is 15.4. The second-order valence-electron chi connectivity index (χ2n) is 20.4. The minimum absolute atomic E-state index is 0.101. The summed E-state index contributed by atoms with van der Waals surface area (Å²) in [4.78, 5) is 37.7.